The lowest BCUT2D eigenvalue weighted by Crippen LogP contribution is -2.64. The molecule has 9 N–H and O–H groups in total. The zero-order valence-corrected chi connectivity index (χ0v) is 61.7. The third-order valence-corrected chi connectivity index (χ3v) is 22.5. The lowest BCUT2D eigenvalue weighted by Gasteiger charge is -2.69. The van der Waals surface area contributed by atoms with Crippen molar-refractivity contribution in [2.24, 2.45) is 16.2 Å². The minimum Gasteiger partial charge on any atom is -0.491 e. The van der Waals surface area contributed by atoms with Crippen LogP contribution in [0.5, 0.6) is 11.5 Å². The highest BCUT2D eigenvalue weighted by atomic mass is 32.2. The molecule has 0 spiro atoms. The quantitative estimate of drug-likeness (QED) is 0.0141. The number of likely N-dealkylation sites (N-methyl/N-ethyl adjacent to an activating group) is 1. The lowest BCUT2D eigenvalue weighted by molar-refractivity contribution is -0.271. The number of carbonyl (C=O) groups excluding carboxylic acids is 6. The Morgan fingerprint density at radius 2 is 1.59 bits per heavy atom. The number of aliphatic carboxylic acids is 1. The van der Waals surface area contributed by atoms with Crippen LogP contribution in [0.4, 0.5) is 15.7 Å². The summed E-state index contributed by atoms with van der Waals surface area (Å²) < 4.78 is 71.7. The maximum atomic E-state index is 13.8. The van der Waals surface area contributed by atoms with Gasteiger partial charge in [-0.25, -0.2) is 24.4 Å². The Morgan fingerprint density at radius 1 is 0.833 bits per heavy atom. The Bertz CT molecular complexity index is 4520. The molecule has 32 nitrogen and oxygen atoms in total. The van der Waals surface area contributed by atoms with Gasteiger partial charge in [0.1, 0.15) is 60.6 Å². The van der Waals surface area contributed by atoms with Gasteiger partial charge in [0.2, 0.25) is 18.1 Å². The average Bonchev–Trinajstić information content (AvgIpc) is 0.757. The number of aliphatic hydroxyl groups is 3. The van der Waals surface area contributed by atoms with Crippen LogP contribution in [0.25, 0.3) is 21.3 Å². The summed E-state index contributed by atoms with van der Waals surface area (Å²) in [6.07, 6.45) is 0.559. The number of anilines is 2. The molecule has 4 bridgehead atoms. The number of fused-ring (bicyclic) bond motifs is 2. The molecule has 6 aromatic rings. The van der Waals surface area contributed by atoms with E-state index in [0.717, 1.165) is 82.6 Å². The third-order valence-electron chi connectivity index (χ3n) is 20.8. The third kappa shape index (κ3) is 18.1. The number of imide groups is 1. The molecule has 5 fully saturated rings. The largest absolute Gasteiger partial charge is 0.491 e. The Labute approximate surface area is 625 Å². The van der Waals surface area contributed by atoms with Gasteiger partial charge in [-0.15, -0.1) is 0 Å². The van der Waals surface area contributed by atoms with Gasteiger partial charge in [-0.05, 0) is 135 Å². The number of amides is 6. The van der Waals surface area contributed by atoms with Crippen molar-refractivity contribution in [1.29, 1.82) is 0 Å². The van der Waals surface area contributed by atoms with Crippen LogP contribution in [0.1, 0.15) is 121 Å². The first-order chi connectivity index (χ1) is 51.4. The van der Waals surface area contributed by atoms with Crippen LogP contribution in [0.3, 0.4) is 0 Å². The Balaban J connectivity index is 0.646. The van der Waals surface area contributed by atoms with E-state index in [9.17, 15) is 76.9 Å². The molecule has 6 heterocycles. The molecule has 34 heteroatoms. The normalized spacial score (nSPS) is 24.5. The summed E-state index contributed by atoms with van der Waals surface area (Å²) in [4.78, 5) is 116. The fourth-order valence-electron chi connectivity index (χ4n) is 17.0. The second-order valence-corrected chi connectivity index (χ2v) is 32.2. The molecule has 0 radical (unpaired) electrons. The smallest absolute Gasteiger partial charge is 0.409 e. The summed E-state index contributed by atoms with van der Waals surface area (Å²) in [5.41, 5.74) is 4.29. The van der Waals surface area contributed by atoms with Gasteiger partial charge in [0, 0.05) is 98.9 Å². The lowest BCUT2D eigenvalue weighted by atomic mass is 9.39. The maximum Gasteiger partial charge on any atom is 0.409 e. The topological polar surface area (TPSA) is 437 Å². The van der Waals surface area contributed by atoms with Crippen molar-refractivity contribution in [2.45, 2.75) is 153 Å². The minimum atomic E-state index is -4.75. The van der Waals surface area contributed by atoms with Crippen LogP contribution in [-0.2, 0) is 79.2 Å². The van der Waals surface area contributed by atoms with Gasteiger partial charge < -0.3 is 74.4 Å². The SMILES string of the molecule is Cc1c(-c2ccc(N3CCc4cccc(C(=O)Nc5nc6ccccc6s5)c4C3)nc2C(=O)O)cnn1CC12CC3(C)CC(C)(C1)CC(OCCN(C)C(=O)OCc1ccc(O[C@@H]4O[C@H](C(=O)O)[C@@H](O)[C@H](O)[C@H]4O)cc1OCCOCCNC(=O)[C@H](CS(=O)(=O)O)NC(=O)CCCCCN1C(=O)C=CC1=O)(C3)C2. The molecule has 2 unspecified atom stereocenters. The van der Waals surface area contributed by atoms with Crippen molar-refractivity contribution in [1.82, 2.24) is 40.2 Å². The van der Waals surface area contributed by atoms with Crippen LogP contribution < -0.4 is 30.3 Å². The number of hydrogen-bond donors (Lipinski definition) is 9. The van der Waals surface area contributed by atoms with E-state index >= 15 is 0 Å². The van der Waals surface area contributed by atoms with Crippen LogP contribution in [0, 0.1) is 23.2 Å². The van der Waals surface area contributed by atoms with Crippen LogP contribution in [0.15, 0.2) is 91.1 Å². The number of carbonyl (C=O) groups is 8. The molecule has 4 aliphatic carbocycles. The highest BCUT2D eigenvalue weighted by Crippen LogP contribution is 2.72. The Hall–Kier alpha value is -9.52. The number of aromatic nitrogens is 4. The Kier molecular flexibility index (Phi) is 23.4. The van der Waals surface area contributed by atoms with Crippen LogP contribution in [0.2, 0.25) is 0 Å². The van der Waals surface area contributed by atoms with Crippen LogP contribution in [-0.4, -0.2) is 223 Å². The molecule has 3 aromatic carbocycles. The fourth-order valence-corrected chi connectivity index (χ4v) is 18.6. The highest BCUT2D eigenvalue weighted by molar-refractivity contribution is 7.85. The number of aromatic carboxylic acids is 1. The number of nitrogens with one attached hydrogen (secondary N) is 3. The van der Waals surface area contributed by atoms with Crippen molar-refractivity contribution in [3.05, 3.63) is 125 Å². The standard InChI is InChI=1S/C74H88N10O22S2/c1-43-49(47-18-19-55(79-59(47)66(93)94)82-25-22-44-11-10-12-48(50(44)33-82)64(91)80-69-78-51-13-7-8-14-54(51)107-69)32-76-84(43)42-73-37-71(2)36-72(3,38-73)40-74(39-71,41-73)104-28-26-81(4)70(97)103-34-45-16-17-46(105-68-62(90)60(88)61(89)63(106-68)67(95)96)31-53(45)102-30-29-101-27-23-75-65(92)52(35-108(98,99)100)77-56(85)15-6-5-9-24-83-57(86)20-21-58(83)87/h7-8,10-14,16-21,31-32,52,60-63,68,88-90H,5-6,9,15,22-30,33-42H2,1-4H3,(H,75,92)(H,77,85)(H,93,94)(H,95,96)(H,78,80,91)(H,98,99,100)/t52-,60-,61-,62+,63-,68+,71?,72?,73?,74?/m0/s1. The first-order valence-electron chi connectivity index (χ1n) is 35.7. The molecule has 108 heavy (non-hydrogen) atoms. The number of unbranched alkanes of at least 4 members (excludes halogenated alkanes) is 2. The summed E-state index contributed by atoms with van der Waals surface area (Å²) in [6, 6.07) is 19.5. The number of ether oxygens (including phenoxy) is 6. The first-order valence-corrected chi connectivity index (χ1v) is 38.1. The van der Waals surface area contributed by atoms with E-state index in [-0.39, 0.29) is 105 Å². The summed E-state index contributed by atoms with van der Waals surface area (Å²) in [6.45, 7) is 7.49. The average molecular weight is 1530 g/mol. The number of aliphatic hydroxyl groups excluding tert-OH is 3. The molecule has 3 aromatic heterocycles. The monoisotopic (exact) mass is 1530 g/mol. The number of benzene rings is 3. The van der Waals surface area contributed by atoms with E-state index in [4.69, 9.17) is 38.5 Å². The molecule has 3 aliphatic heterocycles. The van der Waals surface area contributed by atoms with Gasteiger partial charge in [0.15, 0.2) is 16.9 Å². The van der Waals surface area contributed by atoms with E-state index in [1.165, 1.54) is 34.4 Å². The molecule has 4 saturated carbocycles. The molecular weight excluding hydrogens is 1440 g/mol. The van der Waals surface area contributed by atoms with Crippen LogP contribution >= 0.6 is 11.3 Å². The van der Waals surface area contributed by atoms with Crippen molar-refractivity contribution in [3.8, 4) is 22.6 Å². The first kappa shape index (κ1) is 78.1. The molecule has 8 atom stereocenters. The van der Waals surface area contributed by atoms with E-state index < -0.39 is 99.9 Å². The molecule has 13 rings (SSSR count). The maximum absolute atomic E-state index is 13.8. The zero-order valence-electron chi connectivity index (χ0n) is 60.1. The number of hydrogen-bond acceptors (Lipinski definition) is 24. The number of thiazole rings is 1. The number of pyridine rings is 1. The predicted octanol–water partition coefficient (Wildman–Crippen LogP) is 5.42. The van der Waals surface area contributed by atoms with Gasteiger partial charge in [-0.3, -0.25) is 43.4 Å². The van der Waals surface area contributed by atoms with Crippen molar-refractivity contribution < 1.29 is 105 Å². The molecular formula is C74H88N10O22S2. The minimum absolute atomic E-state index is 0.0547. The van der Waals surface area contributed by atoms with E-state index in [0.29, 0.717) is 72.1 Å². The second-order valence-electron chi connectivity index (χ2n) is 29.6. The summed E-state index contributed by atoms with van der Waals surface area (Å²) in [7, 11) is -3.17. The number of carboxylic acid groups (broad SMARTS) is 2. The molecule has 6 amide bonds. The Morgan fingerprint density at radius 3 is 2.32 bits per heavy atom. The van der Waals surface area contributed by atoms with E-state index in [1.807, 2.05) is 59.0 Å². The summed E-state index contributed by atoms with van der Waals surface area (Å²) >= 11 is 1.40. The number of carboxylic acids is 2. The second kappa shape index (κ2) is 32.3. The van der Waals surface area contributed by atoms with Gasteiger partial charge in [0.05, 0.1) is 41.8 Å². The number of nitrogens with zero attached hydrogens (tertiary/aromatic N) is 7. The molecule has 1 saturated heterocycles. The van der Waals surface area contributed by atoms with Crippen molar-refractivity contribution in [3.63, 3.8) is 0 Å². The van der Waals surface area contributed by atoms with Gasteiger partial charge in [-0.2, -0.15) is 13.5 Å². The van der Waals surface area contributed by atoms with E-state index in [1.54, 1.807) is 25.4 Å². The summed E-state index contributed by atoms with van der Waals surface area (Å²) in [5.74, 6) is -6.26. The van der Waals surface area contributed by atoms with Gasteiger partial charge in [-0.1, -0.05) is 55.9 Å². The summed E-state index contributed by atoms with van der Waals surface area (Å²) in [5, 5.41) is 65.0. The highest BCUT2D eigenvalue weighted by Gasteiger charge is 2.66. The van der Waals surface area contributed by atoms with Crippen molar-refractivity contribution >= 4 is 90.2 Å². The van der Waals surface area contributed by atoms with Gasteiger partial charge >= 0.3 is 18.0 Å². The van der Waals surface area contributed by atoms with Crippen molar-refractivity contribution in [2.75, 3.05) is 75.6 Å². The van der Waals surface area contributed by atoms with E-state index in [2.05, 4.69) is 34.8 Å². The molecule has 7 aliphatic rings. The zero-order chi connectivity index (χ0) is 77.0. The van der Waals surface area contributed by atoms with Gasteiger partial charge in [0.25, 0.3) is 27.8 Å². The molecule has 578 valence electrons. The number of rotatable bonds is 33. The number of para-hydroxylation sites is 1. The predicted molar refractivity (Wildman–Crippen MR) is 387 cm³/mol. The fraction of sp³-hybridized carbons (Fsp3) is 0.500.